The molecular formula is C19H18Cl2F2O5. The van der Waals surface area contributed by atoms with Crippen molar-refractivity contribution >= 4 is 41.4 Å². The molecule has 0 saturated heterocycles. The highest BCUT2D eigenvalue weighted by Crippen LogP contribution is 2.22. The normalized spacial score (nSPS) is 9.25. The minimum atomic E-state index is -2.66. The van der Waals surface area contributed by atoms with Crippen LogP contribution in [0.1, 0.15) is 43.1 Å². The lowest BCUT2D eigenvalue weighted by atomic mass is 10.1. The van der Waals surface area contributed by atoms with Gasteiger partial charge < -0.3 is 9.47 Å². The van der Waals surface area contributed by atoms with Gasteiger partial charge in [0, 0.05) is 11.1 Å². The average Bonchev–Trinajstić information content (AvgIpc) is 2.73. The van der Waals surface area contributed by atoms with E-state index in [1.54, 1.807) is 24.3 Å². The Bertz CT molecular complexity index is 769. The van der Waals surface area contributed by atoms with Gasteiger partial charge in [-0.2, -0.15) is 0 Å². The maximum Gasteiger partial charge on any atom is 0.338 e. The van der Waals surface area contributed by atoms with Gasteiger partial charge in [-0.1, -0.05) is 36.4 Å². The van der Waals surface area contributed by atoms with Gasteiger partial charge in [-0.25, -0.2) is 18.4 Å². The maximum atomic E-state index is 12.3. The zero-order valence-electron chi connectivity index (χ0n) is 15.0. The lowest BCUT2D eigenvalue weighted by Crippen LogP contribution is -2.05. The number of methoxy groups -OCH3 is 2. The number of esters is 2. The summed E-state index contributed by atoms with van der Waals surface area (Å²) in [5, 5.41) is 0.194. The van der Waals surface area contributed by atoms with Gasteiger partial charge in [-0.15, -0.1) is 23.2 Å². The van der Waals surface area contributed by atoms with Crippen LogP contribution in [0.5, 0.6) is 0 Å². The third-order valence-electron chi connectivity index (χ3n) is 3.09. The van der Waals surface area contributed by atoms with Crippen LogP contribution in [-0.2, 0) is 9.47 Å². The van der Waals surface area contributed by atoms with E-state index < -0.39 is 18.4 Å². The number of alkyl halides is 4. The molecule has 0 bridgehead atoms. The minimum absolute atomic E-state index is 0.0833. The molecule has 0 radical (unpaired) electrons. The second-order valence-corrected chi connectivity index (χ2v) is 5.49. The highest BCUT2D eigenvalue weighted by atomic mass is 35.5. The fourth-order valence-electron chi connectivity index (χ4n) is 1.88. The third kappa shape index (κ3) is 8.45. The molecule has 2 aromatic rings. The summed E-state index contributed by atoms with van der Waals surface area (Å²) in [6.45, 7) is 0. The number of aldehydes is 1. The van der Waals surface area contributed by atoms with Crippen molar-refractivity contribution in [2.45, 2.75) is 6.43 Å². The van der Waals surface area contributed by atoms with E-state index in [0.717, 1.165) is 7.11 Å². The fourth-order valence-corrected chi connectivity index (χ4v) is 1.88. The van der Waals surface area contributed by atoms with Gasteiger partial charge in [0.2, 0.25) is 0 Å². The number of ether oxygens (including phenoxy) is 2. The summed E-state index contributed by atoms with van der Waals surface area (Å²) in [6.07, 6.45) is -2.03. The fraction of sp³-hybridized carbons (Fsp3) is 0.211. The average molecular weight is 435 g/mol. The van der Waals surface area contributed by atoms with Gasteiger partial charge in [0.25, 0.3) is 6.43 Å². The molecule has 0 amide bonds. The van der Waals surface area contributed by atoms with Crippen molar-refractivity contribution < 1.29 is 32.6 Å². The molecule has 0 spiro atoms. The van der Waals surface area contributed by atoms with Crippen LogP contribution in [0.4, 0.5) is 8.78 Å². The Morgan fingerprint density at radius 2 is 1.36 bits per heavy atom. The van der Waals surface area contributed by atoms with Gasteiger partial charge in [0.1, 0.15) is 0 Å². The summed E-state index contributed by atoms with van der Waals surface area (Å²) in [7, 11) is 2.44. The first kappa shape index (κ1) is 25.5. The van der Waals surface area contributed by atoms with Crippen molar-refractivity contribution in [2.75, 3.05) is 19.6 Å². The predicted molar refractivity (Wildman–Crippen MR) is 102 cm³/mol. The SMILES string of the molecule is COC(=O)c1ccccc1C(F)F.COC(=O)c1ccccc1C=O.ClCCl. The molecule has 0 aromatic heterocycles. The van der Waals surface area contributed by atoms with Crippen LogP contribution in [-0.4, -0.2) is 37.8 Å². The molecule has 0 aliphatic carbocycles. The Hall–Kier alpha value is -2.51. The molecule has 0 saturated carbocycles. The molecule has 0 atom stereocenters. The first-order valence-corrected chi connectivity index (χ1v) is 8.64. The monoisotopic (exact) mass is 434 g/mol. The van der Waals surface area contributed by atoms with E-state index in [1.807, 2.05) is 0 Å². The molecule has 28 heavy (non-hydrogen) atoms. The van der Waals surface area contributed by atoms with E-state index in [4.69, 9.17) is 23.2 Å². The molecule has 0 fully saturated rings. The minimum Gasteiger partial charge on any atom is -0.465 e. The summed E-state index contributed by atoms with van der Waals surface area (Å²) in [4.78, 5) is 32.4. The van der Waals surface area contributed by atoms with Gasteiger partial charge >= 0.3 is 11.9 Å². The molecule has 2 rings (SSSR count). The molecule has 2 aromatic carbocycles. The van der Waals surface area contributed by atoms with Crippen molar-refractivity contribution in [1.29, 1.82) is 0 Å². The van der Waals surface area contributed by atoms with Crippen LogP contribution >= 0.6 is 23.2 Å². The molecule has 0 unspecified atom stereocenters. The van der Waals surface area contributed by atoms with Crippen molar-refractivity contribution in [3.05, 3.63) is 70.8 Å². The molecule has 9 heteroatoms. The first-order chi connectivity index (χ1) is 13.4. The van der Waals surface area contributed by atoms with Crippen molar-refractivity contribution in [2.24, 2.45) is 0 Å². The third-order valence-corrected chi connectivity index (χ3v) is 3.09. The maximum absolute atomic E-state index is 12.3. The molecule has 5 nitrogen and oxygen atoms in total. The zero-order valence-corrected chi connectivity index (χ0v) is 16.5. The zero-order chi connectivity index (χ0) is 21.5. The highest BCUT2D eigenvalue weighted by Gasteiger charge is 2.17. The molecular weight excluding hydrogens is 417 g/mol. The lowest BCUT2D eigenvalue weighted by Gasteiger charge is -2.05. The summed E-state index contributed by atoms with van der Waals surface area (Å²) < 4.78 is 33.5. The van der Waals surface area contributed by atoms with Gasteiger partial charge in [0.05, 0.1) is 30.7 Å². The molecule has 0 heterocycles. The van der Waals surface area contributed by atoms with E-state index in [1.165, 1.54) is 31.4 Å². The highest BCUT2D eigenvalue weighted by molar-refractivity contribution is 6.40. The Balaban J connectivity index is 0.000000458. The van der Waals surface area contributed by atoms with Crippen LogP contribution in [0.3, 0.4) is 0 Å². The van der Waals surface area contributed by atoms with Crippen molar-refractivity contribution in [1.82, 2.24) is 0 Å². The van der Waals surface area contributed by atoms with Crippen LogP contribution in [0, 0.1) is 0 Å². The van der Waals surface area contributed by atoms with E-state index in [-0.39, 0.29) is 16.5 Å². The summed E-state index contributed by atoms with van der Waals surface area (Å²) in [5.74, 6) is -1.23. The number of rotatable bonds is 4. The quantitative estimate of drug-likeness (QED) is 0.379. The van der Waals surface area contributed by atoms with Crippen LogP contribution in [0.15, 0.2) is 48.5 Å². The number of benzene rings is 2. The lowest BCUT2D eigenvalue weighted by molar-refractivity contribution is 0.0585. The number of halogens is 4. The Morgan fingerprint density at radius 3 is 1.82 bits per heavy atom. The van der Waals surface area contributed by atoms with Crippen LogP contribution < -0.4 is 0 Å². The summed E-state index contributed by atoms with van der Waals surface area (Å²) in [5.41, 5.74) is 0.272. The summed E-state index contributed by atoms with van der Waals surface area (Å²) >= 11 is 9.53. The van der Waals surface area contributed by atoms with Gasteiger partial charge in [0.15, 0.2) is 6.29 Å². The smallest absolute Gasteiger partial charge is 0.338 e. The first-order valence-electron chi connectivity index (χ1n) is 7.57. The molecule has 0 N–H and O–H groups in total. The van der Waals surface area contributed by atoms with E-state index >= 15 is 0 Å². The topological polar surface area (TPSA) is 69.7 Å². The summed E-state index contributed by atoms with van der Waals surface area (Å²) in [6, 6.07) is 12.0. The number of carbonyl (C=O) groups is 3. The van der Waals surface area contributed by atoms with Gasteiger partial charge in [-0.05, 0) is 12.1 Å². The largest absolute Gasteiger partial charge is 0.465 e. The van der Waals surface area contributed by atoms with E-state index in [2.05, 4.69) is 9.47 Å². The Labute approximate surface area is 171 Å². The molecule has 0 aliphatic rings. The Morgan fingerprint density at radius 1 is 0.929 bits per heavy atom. The number of hydrogen-bond donors (Lipinski definition) is 0. The molecule has 152 valence electrons. The number of hydrogen-bond acceptors (Lipinski definition) is 5. The number of carbonyl (C=O) groups excluding carboxylic acids is 3. The van der Waals surface area contributed by atoms with Crippen LogP contribution in [0.25, 0.3) is 0 Å². The van der Waals surface area contributed by atoms with E-state index in [9.17, 15) is 23.2 Å². The Kier molecular flexibility index (Phi) is 13.2. The second-order valence-electron chi connectivity index (χ2n) is 4.68. The predicted octanol–water partition coefficient (Wildman–Crippen LogP) is 5.12. The molecule has 0 aliphatic heterocycles. The van der Waals surface area contributed by atoms with Crippen LogP contribution in [0.2, 0.25) is 0 Å². The van der Waals surface area contributed by atoms with E-state index in [0.29, 0.717) is 17.4 Å². The van der Waals surface area contributed by atoms with Gasteiger partial charge in [-0.3, -0.25) is 4.79 Å². The standard InChI is InChI=1S/C9H8F2O2.C9H8O3.CH2Cl2/c1-13-9(12)7-5-3-2-4-6(7)8(10)11;1-12-9(11)8-5-3-2-4-7(8)6-10;2-1-3/h2-5,8H,1H3;2-6H,1H3;1H2. The second kappa shape index (κ2) is 14.5. The van der Waals surface area contributed by atoms with Crippen molar-refractivity contribution in [3.8, 4) is 0 Å². The van der Waals surface area contributed by atoms with Crippen molar-refractivity contribution in [3.63, 3.8) is 0 Å².